The van der Waals surface area contributed by atoms with Crippen LogP contribution in [-0.4, -0.2) is 0 Å². The van der Waals surface area contributed by atoms with Gasteiger partial charge in [0.15, 0.2) is 0 Å². The van der Waals surface area contributed by atoms with Gasteiger partial charge in [-0.1, -0.05) is 35.0 Å². The van der Waals surface area contributed by atoms with Gasteiger partial charge in [-0.3, -0.25) is 0 Å². The average molecular weight is 321 g/mol. The lowest BCUT2D eigenvalue weighted by Gasteiger charge is -2.06. The number of hydrogen-bond acceptors (Lipinski definition) is 3. The Morgan fingerprint density at radius 1 is 1.44 bits per heavy atom. The highest BCUT2D eigenvalue weighted by Gasteiger charge is 2.17. The van der Waals surface area contributed by atoms with Gasteiger partial charge in [-0.25, -0.2) is 0 Å². The van der Waals surface area contributed by atoms with Gasteiger partial charge in [0.2, 0.25) is 0 Å². The van der Waals surface area contributed by atoms with Gasteiger partial charge in [0.25, 0.3) is 0 Å². The van der Waals surface area contributed by atoms with Gasteiger partial charge in [-0.05, 0) is 30.5 Å². The third-order valence-corrected chi connectivity index (χ3v) is 4.71. The molecule has 4 heteroatoms. The molecule has 0 aliphatic carbocycles. The van der Waals surface area contributed by atoms with E-state index in [0.29, 0.717) is 10.6 Å². The van der Waals surface area contributed by atoms with Gasteiger partial charge in [0.1, 0.15) is 10.9 Å². The van der Waals surface area contributed by atoms with Crippen LogP contribution in [0.3, 0.4) is 0 Å². The van der Waals surface area contributed by atoms with Crippen LogP contribution in [-0.2, 0) is 6.42 Å². The van der Waals surface area contributed by atoms with Crippen molar-refractivity contribution in [3.8, 4) is 16.5 Å². The molecule has 0 amide bonds. The van der Waals surface area contributed by atoms with E-state index < -0.39 is 0 Å². The lowest BCUT2D eigenvalue weighted by atomic mass is 10.0. The second kappa shape index (κ2) is 5.13. The number of nitrogens with two attached hydrogens (primary N) is 1. The molecule has 0 radical (unpaired) electrons. The van der Waals surface area contributed by atoms with Crippen molar-refractivity contribution in [3.05, 3.63) is 38.7 Å². The zero-order valence-corrected chi connectivity index (χ0v) is 12.7. The lowest BCUT2D eigenvalue weighted by molar-refractivity contribution is 1.16. The van der Waals surface area contributed by atoms with Crippen LogP contribution in [0.4, 0.5) is 5.69 Å². The zero-order valence-electron chi connectivity index (χ0n) is 10.2. The Kier molecular flexibility index (Phi) is 3.74. The molecule has 2 rings (SSSR count). The minimum Gasteiger partial charge on any atom is -0.397 e. The molecule has 2 N–H and O–H groups in total. The van der Waals surface area contributed by atoms with Gasteiger partial charge in [0, 0.05) is 14.9 Å². The number of hydrogen-bond donors (Lipinski definition) is 1. The fourth-order valence-electron chi connectivity index (χ4n) is 1.93. The van der Waals surface area contributed by atoms with Crippen LogP contribution >= 0.6 is 27.3 Å². The first-order valence-electron chi connectivity index (χ1n) is 5.66. The predicted molar refractivity (Wildman–Crippen MR) is 80.7 cm³/mol. The highest BCUT2D eigenvalue weighted by atomic mass is 79.9. The first kappa shape index (κ1) is 13.1. The van der Waals surface area contributed by atoms with Gasteiger partial charge in [-0.2, -0.15) is 5.26 Å². The summed E-state index contributed by atoms with van der Waals surface area (Å²) in [6, 6.07) is 8.39. The summed E-state index contributed by atoms with van der Waals surface area (Å²) in [5.41, 5.74) is 10.0. The molecule has 0 unspecified atom stereocenters. The van der Waals surface area contributed by atoms with Crippen molar-refractivity contribution in [1.82, 2.24) is 0 Å². The molecular formula is C14H13BrN2S. The number of nitrogens with zero attached hydrogens (tertiary/aromatic N) is 1. The summed E-state index contributed by atoms with van der Waals surface area (Å²) in [5.74, 6) is 0. The molecule has 2 nitrogen and oxygen atoms in total. The van der Waals surface area contributed by atoms with Crippen LogP contribution in [0.2, 0.25) is 0 Å². The Bertz CT molecular complexity index is 638. The molecule has 0 atom stereocenters. The zero-order chi connectivity index (χ0) is 13.3. The third kappa shape index (κ3) is 2.16. The minimum absolute atomic E-state index is 0.606. The fraction of sp³-hybridized carbons (Fsp3) is 0.214. The molecule has 92 valence electrons. The molecule has 0 saturated carbocycles. The Morgan fingerprint density at radius 3 is 2.72 bits per heavy atom. The molecule has 0 fully saturated rings. The topological polar surface area (TPSA) is 49.8 Å². The first-order chi connectivity index (χ1) is 8.58. The lowest BCUT2D eigenvalue weighted by Crippen LogP contribution is -1.91. The van der Waals surface area contributed by atoms with Crippen LogP contribution in [0, 0.1) is 18.3 Å². The van der Waals surface area contributed by atoms with E-state index in [1.807, 2.05) is 0 Å². The number of halogens is 1. The molecule has 0 aliphatic heterocycles. The van der Waals surface area contributed by atoms with Gasteiger partial charge >= 0.3 is 0 Å². The van der Waals surface area contributed by atoms with Crippen LogP contribution in [0.15, 0.2) is 22.7 Å². The molecule has 0 aliphatic rings. The number of benzene rings is 1. The number of aryl methyl sites for hydroxylation is 1. The standard InChI is InChI=1S/C14H13BrN2S/c1-3-9-13(17)12(7-16)18-14(9)10-5-4-8(2)6-11(10)15/h4-6H,3,17H2,1-2H3. The molecule has 2 aromatic rings. The van der Waals surface area contributed by atoms with Crippen molar-refractivity contribution in [1.29, 1.82) is 5.26 Å². The molecule has 1 aromatic carbocycles. The van der Waals surface area contributed by atoms with E-state index in [1.165, 1.54) is 16.9 Å². The van der Waals surface area contributed by atoms with Crippen LogP contribution < -0.4 is 5.73 Å². The fourth-order valence-corrected chi connectivity index (χ4v) is 3.90. The smallest absolute Gasteiger partial charge is 0.128 e. The van der Waals surface area contributed by atoms with Crippen molar-refractivity contribution in [2.75, 3.05) is 5.73 Å². The first-order valence-corrected chi connectivity index (χ1v) is 7.27. The Hall–Kier alpha value is -1.31. The second-order valence-electron chi connectivity index (χ2n) is 4.10. The van der Waals surface area contributed by atoms with Crippen molar-refractivity contribution in [2.24, 2.45) is 0 Å². The summed E-state index contributed by atoms with van der Waals surface area (Å²) < 4.78 is 1.04. The van der Waals surface area contributed by atoms with Crippen LogP contribution in [0.25, 0.3) is 10.4 Å². The largest absolute Gasteiger partial charge is 0.397 e. The molecule has 1 heterocycles. The quantitative estimate of drug-likeness (QED) is 0.885. The highest BCUT2D eigenvalue weighted by molar-refractivity contribution is 9.10. The summed E-state index contributed by atoms with van der Waals surface area (Å²) in [5, 5.41) is 9.08. The van der Waals surface area contributed by atoms with E-state index in [2.05, 4.69) is 54.0 Å². The maximum atomic E-state index is 9.08. The number of thiophene rings is 1. The van der Waals surface area contributed by atoms with Crippen LogP contribution in [0.5, 0.6) is 0 Å². The maximum Gasteiger partial charge on any atom is 0.128 e. The van der Waals surface area contributed by atoms with E-state index in [-0.39, 0.29) is 0 Å². The van der Waals surface area contributed by atoms with E-state index >= 15 is 0 Å². The molecule has 0 bridgehead atoms. The van der Waals surface area contributed by atoms with Crippen LogP contribution in [0.1, 0.15) is 22.9 Å². The summed E-state index contributed by atoms with van der Waals surface area (Å²) in [7, 11) is 0. The third-order valence-electron chi connectivity index (χ3n) is 2.87. The van der Waals surface area contributed by atoms with Gasteiger partial charge in [0.05, 0.1) is 5.69 Å². The molecule has 1 aromatic heterocycles. The Labute approximate surface area is 119 Å². The highest BCUT2D eigenvalue weighted by Crippen LogP contribution is 2.41. The average Bonchev–Trinajstić information content (AvgIpc) is 2.65. The van der Waals surface area contributed by atoms with Gasteiger partial charge in [-0.15, -0.1) is 11.3 Å². The Balaban J connectivity index is 2.68. The Morgan fingerprint density at radius 2 is 2.17 bits per heavy atom. The monoisotopic (exact) mass is 320 g/mol. The van der Waals surface area contributed by atoms with Crippen molar-refractivity contribution in [3.63, 3.8) is 0 Å². The summed E-state index contributed by atoms with van der Waals surface area (Å²) in [6.07, 6.45) is 0.833. The second-order valence-corrected chi connectivity index (χ2v) is 5.98. The van der Waals surface area contributed by atoms with Crippen molar-refractivity contribution >= 4 is 33.0 Å². The molecule has 18 heavy (non-hydrogen) atoms. The number of rotatable bonds is 2. The number of nitrogen functional groups attached to an aromatic ring is 1. The molecule has 0 saturated heterocycles. The van der Waals surface area contributed by atoms with E-state index in [4.69, 9.17) is 11.0 Å². The SMILES string of the molecule is CCc1c(-c2ccc(C)cc2Br)sc(C#N)c1N. The number of anilines is 1. The van der Waals surface area contributed by atoms with E-state index in [0.717, 1.165) is 26.9 Å². The van der Waals surface area contributed by atoms with Crippen molar-refractivity contribution < 1.29 is 0 Å². The molecule has 0 spiro atoms. The predicted octanol–water partition coefficient (Wildman–Crippen LogP) is 4.50. The summed E-state index contributed by atoms with van der Waals surface area (Å²) >= 11 is 5.05. The van der Waals surface area contributed by atoms with Crippen molar-refractivity contribution in [2.45, 2.75) is 20.3 Å². The summed E-state index contributed by atoms with van der Waals surface area (Å²) in [4.78, 5) is 1.70. The molecular weight excluding hydrogens is 308 g/mol. The normalized spacial score (nSPS) is 10.3. The minimum atomic E-state index is 0.606. The van der Waals surface area contributed by atoms with Gasteiger partial charge < -0.3 is 5.73 Å². The number of nitriles is 1. The maximum absolute atomic E-state index is 9.08. The van der Waals surface area contributed by atoms with E-state index in [1.54, 1.807) is 0 Å². The summed E-state index contributed by atoms with van der Waals surface area (Å²) in [6.45, 7) is 4.12. The van der Waals surface area contributed by atoms with E-state index in [9.17, 15) is 0 Å².